The Morgan fingerprint density at radius 1 is 0.800 bits per heavy atom. The van der Waals surface area contributed by atoms with Crippen molar-refractivity contribution in [2.75, 3.05) is 0 Å². The third-order valence-electron chi connectivity index (χ3n) is 6.86. The molecule has 148 valence electrons. The molecule has 3 aromatic carbocycles. The van der Waals surface area contributed by atoms with Gasteiger partial charge in [0, 0.05) is 39.1 Å². The first-order valence-corrected chi connectivity index (χ1v) is 10.3. The number of rotatable bonds is 0. The Morgan fingerprint density at radius 3 is 1.97 bits per heavy atom. The number of para-hydroxylation sites is 2. The summed E-state index contributed by atoms with van der Waals surface area (Å²) in [5.41, 5.74) is 5.73. The van der Waals surface area contributed by atoms with Crippen LogP contribution in [0.25, 0.3) is 43.6 Å². The molecule has 0 spiro atoms. The number of aliphatic hydroxyl groups is 2. The summed E-state index contributed by atoms with van der Waals surface area (Å²) in [7, 11) is 0. The Kier molecular flexibility index (Phi) is 2.97. The molecular formula is C24H19N3O3. The Morgan fingerprint density at radius 2 is 1.33 bits per heavy atom. The number of carbonyl (C=O) groups is 1. The highest BCUT2D eigenvalue weighted by molar-refractivity contribution is 6.30. The molecule has 2 atom stereocenters. The third kappa shape index (κ3) is 1.79. The molecule has 3 N–H and O–H groups in total. The molecule has 0 radical (unpaired) electrons. The number of hydrogen-bond donors (Lipinski definition) is 3. The topological polar surface area (TPSA) is 79.4 Å². The van der Waals surface area contributed by atoms with E-state index in [1.807, 2.05) is 42.5 Å². The lowest BCUT2D eigenvalue weighted by atomic mass is 9.97. The summed E-state index contributed by atoms with van der Waals surface area (Å²) in [5, 5.41) is 28.7. The standard InChI is InChI=1S/C24H19N3O3/c28-17-10-26-15-7-3-1-5-12(15)19-14-9-25-24(30)21(14)20-13-6-2-4-8-16(13)27(11-18(17)29)23(20)22(19)26/h1-8,17-18,28-29H,9-11H2,(H,25,30)/t17-,18-/m1/s1. The summed E-state index contributed by atoms with van der Waals surface area (Å²) in [5.74, 6) is -0.0470. The first-order valence-electron chi connectivity index (χ1n) is 10.3. The molecule has 0 saturated heterocycles. The molecule has 6 nitrogen and oxygen atoms in total. The number of nitrogens with zero attached hydrogens (tertiary/aromatic N) is 2. The Labute approximate surface area is 170 Å². The van der Waals surface area contributed by atoms with Crippen LogP contribution < -0.4 is 5.32 Å². The summed E-state index contributed by atoms with van der Waals surface area (Å²) in [6, 6.07) is 16.1. The number of carbonyl (C=O) groups excluding carboxylic acids is 1. The van der Waals surface area contributed by atoms with Gasteiger partial charge in [-0.15, -0.1) is 0 Å². The van der Waals surface area contributed by atoms with Crippen LogP contribution in [-0.2, 0) is 19.6 Å². The van der Waals surface area contributed by atoms with Gasteiger partial charge in [0.05, 0.1) is 41.9 Å². The van der Waals surface area contributed by atoms with E-state index in [0.717, 1.165) is 54.7 Å². The van der Waals surface area contributed by atoms with E-state index in [0.29, 0.717) is 13.1 Å². The van der Waals surface area contributed by atoms with Gasteiger partial charge in [-0.1, -0.05) is 36.4 Å². The number of aromatic nitrogens is 2. The van der Waals surface area contributed by atoms with E-state index in [-0.39, 0.29) is 12.5 Å². The highest BCUT2D eigenvalue weighted by Gasteiger charge is 2.34. The fourth-order valence-electron chi connectivity index (χ4n) is 5.61. The predicted molar refractivity (Wildman–Crippen MR) is 116 cm³/mol. The first kappa shape index (κ1) is 16.4. The zero-order valence-electron chi connectivity index (χ0n) is 16.1. The molecule has 2 aliphatic rings. The lowest BCUT2D eigenvalue weighted by Gasteiger charge is -2.24. The van der Waals surface area contributed by atoms with Crippen molar-refractivity contribution in [1.29, 1.82) is 0 Å². The molecule has 0 unspecified atom stereocenters. The molecule has 5 aromatic rings. The molecule has 6 heteroatoms. The van der Waals surface area contributed by atoms with Crippen molar-refractivity contribution in [2.45, 2.75) is 31.8 Å². The maximum absolute atomic E-state index is 13.0. The predicted octanol–water partition coefficient (Wildman–Crippen LogP) is 2.88. The van der Waals surface area contributed by atoms with Crippen LogP contribution >= 0.6 is 0 Å². The molecule has 0 fully saturated rings. The third-order valence-corrected chi connectivity index (χ3v) is 6.86. The van der Waals surface area contributed by atoms with E-state index in [4.69, 9.17) is 0 Å². The van der Waals surface area contributed by atoms with Gasteiger partial charge in [-0.3, -0.25) is 4.79 Å². The van der Waals surface area contributed by atoms with Gasteiger partial charge in [0.25, 0.3) is 5.91 Å². The maximum atomic E-state index is 13.0. The second kappa shape index (κ2) is 5.41. The van der Waals surface area contributed by atoms with E-state index in [2.05, 4.69) is 20.5 Å². The van der Waals surface area contributed by atoms with Crippen molar-refractivity contribution in [3.63, 3.8) is 0 Å². The van der Waals surface area contributed by atoms with E-state index >= 15 is 0 Å². The van der Waals surface area contributed by atoms with E-state index in [1.165, 1.54) is 0 Å². The van der Waals surface area contributed by atoms with Crippen molar-refractivity contribution < 1.29 is 15.0 Å². The number of benzene rings is 3. The minimum absolute atomic E-state index is 0.0470. The summed E-state index contributed by atoms with van der Waals surface area (Å²) >= 11 is 0. The first-order chi connectivity index (χ1) is 14.6. The number of amides is 1. The van der Waals surface area contributed by atoms with Gasteiger partial charge in [0.15, 0.2) is 0 Å². The lowest BCUT2D eigenvalue weighted by molar-refractivity contribution is 0.00168. The van der Waals surface area contributed by atoms with Gasteiger partial charge in [-0.05, 0) is 17.7 Å². The highest BCUT2D eigenvalue weighted by atomic mass is 16.3. The lowest BCUT2D eigenvalue weighted by Crippen LogP contribution is -2.35. The van der Waals surface area contributed by atoms with Crippen LogP contribution in [-0.4, -0.2) is 37.5 Å². The fraction of sp³-hybridized carbons (Fsp3) is 0.208. The Bertz CT molecular complexity index is 1560. The van der Waals surface area contributed by atoms with Crippen molar-refractivity contribution >= 4 is 49.5 Å². The van der Waals surface area contributed by atoms with Crippen molar-refractivity contribution in [1.82, 2.24) is 14.5 Å². The van der Waals surface area contributed by atoms with Gasteiger partial charge < -0.3 is 24.7 Å². The minimum Gasteiger partial charge on any atom is -0.388 e. The van der Waals surface area contributed by atoms with Gasteiger partial charge >= 0.3 is 0 Å². The molecular weight excluding hydrogens is 378 g/mol. The number of hydrogen-bond acceptors (Lipinski definition) is 3. The Balaban J connectivity index is 1.88. The van der Waals surface area contributed by atoms with Crippen LogP contribution in [0.15, 0.2) is 48.5 Å². The number of fused-ring (bicyclic) bond motifs is 9. The quantitative estimate of drug-likeness (QED) is 0.376. The number of aliphatic hydroxyl groups excluding tert-OH is 2. The maximum Gasteiger partial charge on any atom is 0.252 e. The second-order valence-electron chi connectivity index (χ2n) is 8.37. The van der Waals surface area contributed by atoms with E-state index in [1.54, 1.807) is 0 Å². The average molecular weight is 397 g/mol. The fourth-order valence-corrected chi connectivity index (χ4v) is 5.61. The van der Waals surface area contributed by atoms with Crippen molar-refractivity contribution in [2.24, 2.45) is 0 Å². The Hall–Kier alpha value is -3.35. The summed E-state index contributed by atoms with van der Waals surface area (Å²) in [6.07, 6.45) is -1.79. The monoisotopic (exact) mass is 397 g/mol. The highest BCUT2D eigenvalue weighted by Crippen LogP contribution is 2.45. The summed E-state index contributed by atoms with van der Waals surface area (Å²) in [6.45, 7) is 1.09. The van der Waals surface area contributed by atoms with Crippen LogP contribution in [0.5, 0.6) is 0 Å². The van der Waals surface area contributed by atoms with Crippen LogP contribution in [0.2, 0.25) is 0 Å². The SMILES string of the molecule is O=C1NCc2c1c1c3ccccc3n3c1c1c2c2ccccc2n1C[C@@H](O)[C@H](O)C3. The van der Waals surface area contributed by atoms with Gasteiger partial charge in [0.1, 0.15) is 0 Å². The molecule has 0 saturated carbocycles. The smallest absolute Gasteiger partial charge is 0.252 e. The zero-order chi connectivity index (χ0) is 20.1. The van der Waals surface area contributed by atoms with Crippen LogP contribution in [0.3, 0.4) is 0 Å². The van der Waals surface area contributed by atoms with E-state index < -0.39 is 12.2 Å². The van der Waals surface area contributed by atoms with E-state index in [9.17, 15) is 15.0 Å². The van der Waals surface area contributed by atoms with Gasteiger partial charge in [0.2, 0.25) is 0 Å². The van der Waals surface area contributed by atoms with Crippen LogP contribution in [0, 0.1) is 0 Å². The summed E-state index contributed by atoms with van der Waals surface area (Å²) < 4.78 is 4.21. The molecule has 2 aromatic heterocycles. The zero-order valence-corrected chi connectivity index (χ0v) is 16.1. The molecule has 0 aliphatic carbocycles. The van der Waals surface area contributed by atoms with Gasteiger partial charge in [-0.2, -0.15) is 0 Å². The molecule has 2 aliphatic heterocycles. The molecule has 30 heavy (non-hydrogen) atoms. The average Bonchev–Trinajstić information content (AvgIpc) is 3.39. The molecule has 0 bridgehead atoms. The van der Waals surface area contributed by atoms with Crippen LogP contribution in [0.1, 0.15) is 15.9 Å². The largest absolute Gasteiger partial charge is 0.388 e. The molecule has 4 heterocycles. The number of nitrogens with one attached hydrogen (secondary N) is 1. The van der Waals surface area contributed by atoms with Crippen molar-refractivity contribution in [3.05, 3.63) is 59.7 Å². The molecule has 1 amide bonds. The molecule has 7 rings (SSSR count). The van der Waals surface area contributed by atoms with Crippen LogP contribution in [0.4, 0.5) is 0 Å². The summed E-state index contributed by atoms with van der Waals surface area (Å²) in [4.78, 5) is 13.0. The van der Waals surface area contributed by atoms with Crippen molar-refractivity contribution in [3.8, 4) is 0 Å². The second-order valence-corrected chi connectivity index (χ2v) is 8.37. The minimum atomic E-state index is -0.907. The normalized spacial score (nSPS) is 20.9. The van der Waals surface area contributed by atoms with Gasteiger partial charge in [-0.25, -0.2) is 0 Å².